The maximum Gasteiger partial charge on any atom is 0.407 e. The molecule has 0 aliphatic carbocycles. The first kappa shape index (κ1) is 24.1. The molecule has 0 bridgehead atoms. The minimum absolute atomic E-state index is 0.0677. The fourth-order valence-corrected chi connectivity index (χ4v) is 4.66. The van der Waals surface area contributed by atoms with Gasteiger partial charge < -0.3 is 19.5 Å². The third-order valence-electron chi connectivity index (χ3n) is 6.14. The predicted molar refractivity (Wildman–Crippen MR) is 136 cm³/mol. The van der Waals surface area contributed by atoms with E-state index < -0.39 is 11.7 Å². The summed E-state index contributed by atoms with van der Waals surface area (Å²) in [4.78, 5) is 26.3. The van der Waals surface area contributed by atoms with Gasteiger partial charge in [-0.15, -0.1) is 0 Å². The van der Waals surface area contributed by atoms with Gasteiger partial charge in [-0.2, -0.15) is 0 Å². The molecule has 2 amide bonds. The lowest BCUT2D eigenvalue weighted by molar-refractivity contribution is -0.132. The number of hydrogen-bond acceptors (Lipinski definition) is 3. The van der Waals surface area contributed by atoms with Crippen molar-refractivity contribution in [3.8, 4) is 5.69 Å². The molecule has 0 radical (unpaired) electrons. The van der Waals surface area contributed by atoms with Crippen LogP contribution in [0.4, 0.5) is 4.79 Å². The monoisotopic (exact) mass is 481 g/mol. The molecule has 1 aliphatic rings. The summed E-state index contributed by atoms with van der Waals surface area (Å²) in [7, 11) is 0. The molecule has 0 unspecified atom stereocenters. The maximum absolute atomic E-state index is 12.7. The van der Waals surface area contributed by atoms with Crippen LogP contribution in [0.25, 0.3) is 16.6 Å². The summed E-state index contributed by atoms with van der Waals surface area (Å²) < 4.78 is 7.44. The van der Waals surface area contributed by atoms with Gasteiger partial charge in [0.15, 0.2) is 0 Å². The van der Waals surface area contributed by atoms with Gasteiger partial charge >= 0.3 is 6.09 Å². The molecule has 2 heterocycles. The number of amides is 2. The highest BCUT2D eigenvalue weighted by Crippen LogP contribution is 2.36. The second-order valence-electron chi connectivity index (χ2n) is 9.78. The number of piperidine rings is 1. The zero-order valence-electron chi connectivity index (χ0n) is 20.0. The van der Waals surface area contributed by atoms with Crippen LogP contribution >= 0.6 is 11.6 Å². The molecule has 3 aromatic rings. The Balaban J connectivity index is 1.38. The van der Waals surface area contributed by atoms with Crippen LogP contribution in [0.5, 0.6) is 0 Å². The van der Waals surface area contributed by atoms with Gasteiger partial charge in [0.05, 0.1) is 5.52 Å². The summed E-state index contributed by atoms with van der Waals surface area (Å²) in [5.41, 5.74) is 3.03. The smallest absolute Gasteiger partial charge is 0.407 e. The predicted octanol–water partition coefficient (Wildman–Crippen LogP) is 5.90. The van der Waals surface area contributed by atoms with E-state index in [0.717, 1.165) is 36.6 Å². The summed E-state index contributed by atoms with van der Waals surface area (Å²) in [6, 6.07) is 16.3. The van der Waals surface area contributed by atoms with Gasteiger partial charge in [-0.25, -0.2) is 4.79 Å². The highest BCUT2D eigenvalue weighted by atomic mass is 35.5. The van der Waals surface area contributed by atoms with Gasteiger partial charge in [0, 0.05) is 48.3 Å². The van der Waals surface area contributed by atoms with Crippen molar-refractivity contribution in [1.82, 2.24) is 14.8 Å². The number of fused-ring (bicyclic) bond motifs is 1. The Kier molecular flexibility index (Phi) is 7.17. The molecule has 1 aliphatic heterocycles. The van der Waals surface area contributed by atoms with Gasteiger partial charge in [0.25, 0.3) is 0 Å². The van der Waals surface area contributed by atoms with Gasteiger partial charge in [-0.05, 0) is 75.4 Å². The number of benzene rings is 2. The number of carbonyl (C=O) groups is 2. The lowest BCUT2D eigenvalue weighted by Gasteiger charge is -2.32. The number of ether oxygens (including phenoxy) is 1. The van der Waals surface area contributed by atoms with E-state index in [0.29, 0.717) is 5.92 Å². The Bertz CT molecular complexity index is 1160. The average Bonchev–Trinajstić information content (AvgIpc) is 3.18. The summed E-state index contributed by atoms with van der Waals surface area (Å²) in [6.45, 7) is 7.16. The lowest BCUT2D eigenvalue weighted by Crippen LogP contribution is -2.40. The molecule has 0 atom stereocenters. The van der Waals surface area contributed by atoms with Gasteiger partial charge in [-0.1, -0.05) is 29.8 Å². The molecular formula is C27H32ClN3O3. The molecule has 7 heteroatoms. The molecule has 0 spiro atoms. The van der Waals surface area contributed by atoms with Crippen LogP contribution in [-0.4, -0.2) is 46.7 Å². The van der Waals surface area contributed by atoms with Crippen molar-refractivity contribution in [2.75, 3.05) is 19.6 Å². The molecule has 1 N–H and O–H groups in total. The Hall–Kier alpha value is -2.99. The van der Waals surface area contributed by atoms with Crippen LogP contribution in [0.3, 0.4) is 0 Å². The average molecular weight is 482 g/mol. The Morgan fingerprint density at radius 1 is 1.06 bits per heavy atom. The summed E-state index contributed by atoms with van der Waals surface area (Å²) in [5, 5.41) is 4.64. The standard InChI is InChI=1S/C27H32ClN3O3/c1-27(2,3)34-26(33)29-15-12-25(32)30-16-13-19(14-17-30)23-18-31(21-10-8-20(28)9-11-21)24-7-5-4-6-22(23)24/h4-11,18-19H,12-17H2,1-3H3,(H,29,33). The molecule has 1 fully saturated rings. The molecule has 1 aromatic heterocycles. The van der Waals surface area contributed by atoms with Gasteiger partial charge in [0.1, 0.15) is 5.60 Å². The largest absolute Gasteiger partial charge is 0.444 e. The molecule has 0 saturated carbocycles. The molecule has 1 saturated heterocycles. The summed E-state index contributed by atoms with van der Waals surface area (Å²) in [6.07, 6.45) is 3.86. The van der Waals surface area contributed by atoms with Crippen molar-refractivity contribution >= 4 is 34.5 Å². The van der Waals surface area contributed by atoms with Crippen molar-refractivity contribution in [1.29, 1.82) is 0 Å². The van der Waals surface area contributed by atoms with Crippen molar-refractivity contribution in [2.45, 2.75) is 51.6 Å². The third-order valence-corrected chi connectivity index (χ3v) is 6.39. The normalized spacial score (nSPS) is 14.9. The first-order valence-corrected chi connectivity index (χ1v) is 12.2. The van der Waals surface area contributed by atoms with E-state index in [9.17, 15) is 9.59 Å². The van der Waals surface area contributed by atoms with E-state index in [-0.39, 0.29) is 18.9 Å². The second kappa shape index (κ2) is 10.1. The van der Waals surface area contributed by atoms with Crippen molar-refractivity contribution in [2.24, 2.45) is 0 Å². The molecule has 2 aromatic carbocycles. The quantitative estimate of drug-likeness (QED) is 0.493. The van der Waals surface area contributed by atoms with E-state index in [4.69, 9.17) is 16.3 Å². The zero-order chi connectivity index (χ0) is 24.3. The molecule has 4 rings (SSSR count). The SMILES string of the molecule is CC(C)(C)OC(=O)NCCC(=O)N1CCC(c2cn(-c3ccc(Cl)cc3)c3ccccc23)CC1. The van der Waals surface area contributed by atoms with Gasteiger partial charge in [-0.3, -0.25) is 4.79 Å². The topological polar surface area (TPSA) is 63.6 Å². The summed E-state index contributed by atoms with van der Waals surface area (Å²) in [5.74, 6) is 0.459. The molecular weight excluding hydrogens is 450 g/mol. The van der Waals surface area contributed by atoms with Crippen molar-refractivity contribution < 1.29 is 14.3 Å². The third kappa shape index (κ3) is 5.73. The number of hydrogen-bond donors (Lipinski definition) is 1. The number of nitrogens with one attached hydrogen (secondary N) is 1. The first-order valence-electron chi connectivity index (χ1n) is 11.8. The van der Waals surface area contributed by atoms with Crippen LogP contribution in [0.15, 0.2) is 54.7 Å². The van der Waals surface area contributed by atoms with E-state index in [1.54, 1.807) is 0 Å². The van der Waals surface area contributed by atoms with Crippen LogP contribution < -0.4 is 5.32 Å². The number of alkyl carbamates (subject to hydrolysis) is 1. The Morgan fingerprint density at radius 2 is 1.74 bits per heavy atom. The van der Waals surface area contributed by atoms with E-state index in [1.807, 2.05) is 49.9 Å². The molecule has 6 nitrogen and oxygen atoms in total. The molecule has 34 heavy (non-hydrogen) atoms. The van der Waals surface area contributed by atoms with Crippen LogP contribution in [-0.2, 0) is 9.53 Å². The van der Waals surface area contributed by atoms with E-state index in [1.165, 1.54) is 16.5 Å². The zero-order valence-corrected chi connectivity index (χ0v) is 20.8. The number of carbonyl (C=O) groups excluding carboxylic acids is 2. The van der Waals surface area contributed by atoms with E-state index in [2.05, 4.69) is 40.3 Å². The number of rotatable bonds is 5. The Labute approximate surface area is 205 Å². The highest BCUT2D eigenvalue weighted by molar-refractivity contribution is 6.30. The maximum atomic E-state index is 12.7. The minimum Gasteiger partial charge on any atom is -0.444 e. The van der Waals surface area contributed by atoms with Gasteiger partial charge in [0.2, 0.25) is 5.91 Å². The first-order chi connectivity index (χ1) is 16.2. The number of aromatic nitrogens is 1. The lowest BCUT2D eigenvalue weighted by atomic mass is 9.89. The van der Waals surface area contributed by atoms with Crippen LogP contribution in [0.1, 0.15) is 51.5 Å². The summed E-state index contributed by atoms with van der Waals surface area (Å²) >= 11 is 6.09. The fraction of sp³-hybridized carbons (Fsp3) is 0.407. The number of likely N-dealkylation sites (tertiary alicyclic amines) is 1. The number of halogens is 1. The minimum atomic E-state index is -0.549. The van der Waals surface area contributed by atoms with Crippen LogP contribution in [0.2, 0.25) is 5.02 Å². The number of para-hydroxylation sites is 1. The van der Waals surface area contributed by atoms with E-state index >= 15 is 0 Å². The van der Waals surface area contributed by atoms with Crippen LogP contribution in [0, 0.1) is 0 Å². The highest BCUT2D eigenvalue weighted by Gasteiger charge is 2.26. The fourth-order valence-electron chi connectivity index (χ4n) is 4.53. The van der Waals surface area contributed by atoms with Crippen molar-refractivity contribution in [3.05, 3.63) is 65.3 Å². The Morgan fingerprint density at radius 3 is 2.41 bits per heavy atom. The number of nitrogens with zero attached hydrogens (tertiary/aromatic N) is 2. The second-order valence-corrected chi connectivity index (χ2v) is 10.2. The van der Waals surface area contributed by atoms with Crippen molar-refractivity contribution in [3.63, 3.8) is 0 Å². The molecule has 180 valence electrons.